The van der Waals surface area contributed by atoms with Gasteiger partial charge in [0, 0.05) is 0 Å². The number of carbonyl (C=O) groups is 2. The van der Waals surface area contributed by atoms with Crippen molar-refractivity contribution in [1.82, 2.24) is 0 Å². The first-order valence-electron chi connectivity index (χ1n) is 27.9. The Labute approximate surface area is 457 Å². The van der Waals surface area contributed by atoms with E-state index in [9.17, 15) is 81.4 Å². The van der Waals surface area contributed by atoms with Crippen molar-refractivity contribution in [3.8, 4) is 0 Å². The normalized spacial score (nSPS) is 54.5. The van der Waals surface area contributed by atoms with Gasteiger partial charge in [-0.05, 0) is 111 Å². The minimum absolute atomic E-state index is 0.111. The Morgan fingerprint density at radius 1 is 0.595 bits per heavy atom. The second kappa shape index (κ2) is 22.0. The first kappa shape index (κ1) is 61.4. The minimum Gasteiger partial charge on any atom is -0.481 e. The minimum atomic E-state index is -2.07. The summed E-state index contributed by atoms with van der Waals surface area (Å²) in [5.41, 5.74) is -3.71. The van der Waals surface area contributed by atoms with Crippen LogP contribution in [0.4, 0.5) is 0 Å². The van der Waals surface area contributed by atoms with Crippen LogP contribution in [-0.2, 0) is 47.5 Å². The predicted molar refractivity (Wildman–Crippen MR) is 265 cm³/mol. The number of aliphatic carboxylic acids is 1. The van der Waals surface area contributed by atoms with Crippen molar-refractivity contribution < 1.29 is 124 Å². The lowest BCUT2D eigenvalue weighted by atomic mass is 9.33. The third-order valence-electron chi connectivity index (χ3n) is 21.5. The molecule has 79 heavy (non-hydrogen) atoms. The number of fused-ring (bicyclic) bond motifs is 7. The van der Waals surface area contributed by atoms with Crippen molar-refractivity contribution >= 4 is 11.9 Å². The van der Waals surface area contributed by atoms with Crippen LogP contribution in [0.2, 0.25) is 0 Å². The van der Waals surface area contributed by atoms with Crippen molar-refractivity contribution in [2.75, 3.05) is 19.8 Å². The molecule has 4 saturated heterocycles. The maximum atomic E-state index is 15.6. The quantitative estimate of drug-likeness (QED) is 0.0685. The fourth-order valence-electron chi connectivity index (χ4n) is 16.4. The Hall–Kier alpha value is -2.16. The molecular formula is C54H86O25. The van der Waals surface area contributed by atoms with Gasteiger partial charge in [0.2, 0.25) is 6.29 Å². The molecule has 4 aliphatic heterocycles. The zero-order chi connectivity index (χ0) is 58.0. The molecule has 5 aliphatic carbocycles. The van der Waals surface area contributed by atoms with Gasteiger partial charge in [0.25, 0.3) is 0 Å². The Bertz CT molecular complexity index is 2240. The van der Waals surface area contributed by atoms with E-state index < -0.39 is 206 Å². The highest BCUT2D eigenvalue weighted by atomic mass is 16.8. The molecule has 0 unspecified atom stereocenters. The Kier molecular flexibility index (Phi) is 17.1. The van der Waals surface area contributed by atoms with Gasteiger partial charge < -0.3 is 114 Å². The Morgan fingerprint density at radius 2 is 1.15 bits per heavy atom. The molecule has 25 heteroatoms. The second-order valence-corrected chi connectivity index (χ2v) is 26.2. The van der Waals surface area contributed by atoms with Gasteiger partial charge in [0.1, 0.15) is 85.5 Å². The first-order valence-corrected chi connectivity index (χ1v) is 27.9. The summed E-state index contributed by atoms with van der Waals surface area (Å²) in [7, 11) is 0. The highest BCUT2D eigenvalue weighted by Gasteiger charge is 2.72. The van der Waals surface area contributed by atoms with Crippen LogP contribution in [0.25, 0.3) is 0 Å². The van der Waals surface area contributed by atoms with E-state index in [1.165, 1.54) is 6.92 Å². The zero-order valence-electron chi connectivity index (χ0n) is 45.8. The summed E-state index contributed by atoms with van der Waals surface area (Å²) in [5, 5.41) is 163. The number of ether oxygens (including phenoxy) is 8. The molecule has 0 amide bonds. The standard InChI is InChI=1S/C54H86O25/c1-21-30(58)33(61)37(65)44(73-21)77-40-26(19-56)75-43(39(67)36(40)64)72-20-27-32(60)35(63)41(78-45-38(66)34(62)31(59)25(18-55)74-45)46(76-27)79-48(71)54-14-12-49(2,3)16-23(54)22-8-9-28-50(4)17-24(57)42(68)53(7,47(69)70)29(50)10-11-52(28,6)51(22,5)13-15-54/h8,21,23-46,55-68H,9-20H2,1-7H3,(H,69,70)/t21-,23-,24-,25+,26+,27+,28+,29+,30-,31+,32+,33+,34-,35-,36+,37+,38+,39+,40+,41+,42-,43+,44-,45-,46-,50+,51+,52+,53-,54-/m0/s1. The second-order valence-electron chi connectivity index (χ2n) is 26.2. The van der Waals surface area contributed by atoms with Gasteiger partial charge in [0.05, 0.1) is 49.0 Å². The molecule has 0 radical (unpaired) electrons. The fourth-order valence-corrected chi connectivity index (χ4v) is 16.4. The smallest absolute Gasteiger partial charge is 0.315 e. The van der Waals surface area contributed by atoms with Gasteiger partial charge in [-0.3, -0.25) is 9.59 Å². The van der Waals surface area contributed by atoms with Crippen molar-refractivity contribution in [1.29, 1.82) is 0 Å². The van der Waals surface area contributed by atoms with E-state index in [0.29, 0.717) is 51.4 Å². The van der Waals surface area contributed by atoms with E-state index >= 15 is 4.79 Å². The van der Waals surface area contributed by atoms with Crippen LogP contribution in [0, 0.1) is 50.2 Å². The number of aliphatic hydroxyl groups excluding tert-OH is 14. The molecule has 0 aromatic carbocycles. The molecule has 30 atom stereocenters. The van der Waals surface area contributed by atoms with E-state index in [4.69, 9.17) is 37.9 Å². The topological polar surface area (TPSA) is 411 Å². The van der Waals surface area contributed by atoms with Gasteiger partial charge in [-0.2, -0.15) is 0 Å². The maximum Gasteiger partial charge on any atom is 0.315 e. The van der Waals surface area contributed by atoms with Crippen molar-refractivity contribution in [3.05, 3.63) is 11.6 Å². The van der Waals surface area contributed by atoms with Gasteiger partial charge in [-0.1, -0.05) is 46.3 Å². The molecule has 4 saturated carbocycles. The summed E-state index contributed by atoms with van der Waals surface area (Å²) in [5.74, 6) is -2.88. The molecule has 0 spiro atoms. The summed E-state index contributed by atoms with van der Waals surface area (Å²) in [6.07, 6.45) is -31.5. The fraction of sp³-hybridized carbons (Fsp3) is 0.926. The van der Waals surface area contributed by atoms with E-state index in [2.05, 4.69) is 40.7 Å². The largest absolute Gasteiger partial charge is 0.481 e. The van der Waals surface area contributed by atoms with Crippen LogP contribution >= 0.6 is 0 Å². The number of allylic oxidation sites excluding steroid dienone is 2. The molecule has 4 heterocycles. The molecule has 8 fully saturated rings. The number of carboxylic acids is 1. The predicted octanol–water partition coefficient (Wildman–Crippen LogP) is -2.97. The van der Waals surface area contributed by atoms with E-state index in [1.807, 2.05) is 0 Å². The average molecular weight is 1140 g/mol. The van der Waals surface area contributed by atoms with E-state index in [1.54, 1.807) is 6.92 Å². The third-order valence-corrected chi connectivity index (χ3v) is 21.5. The number of aliphatic hydroxyl groups is 14. The van der Waals surface area contributed by atoms with Crippen molar-refractivity contribution in [2.45, 2.75) is 241 Å². The van der Waals surface area contributed by atoms with Gasteiger partial charge in [0.15, 0.2) is 25.0 Å². The Balaban J connectivity index is 0.990. The molecule has 9 aliphatic rings. The van der Waals surface area contributed by atoms with E-state index in [-0.39, 0.29) is 17.8 Å². The van der Waals surface area contributed by atoms with Crippen LogP contribution in [0.5, 0.6) is 0 Å². The molecular weight excluding hydrogens is 1050 g/mol. The molecule has 25 nitrogen and oxygen atoms in total. The van der Waals surface area contributed by atoms with Gasteiger partial charge in [-0.25, -0.2) is 0 Å². The Morgan fingerprint density at radius 3 is 1.80 bits per heavy atom. The molecule has 0 aromatic heterocycles. The number of hydrogen-bond acceptors (Lipinski definition) is 24. The average Bonchev–Trinajstić information content (AvgIpc) is 2.33. The molecule has 0 aromatic rings. The number of hydrogen-bond donors (Lipinski definition) is 15. The highest BCUT2D eigenvalue weighted by Crippen LogP contribution is 2.76. The van der Waals surface area contributed by atoms with Crippen molar-refractivity contribution in [2.24, 2.45) is 50.2 Å². The van der Waals surface area contributed by atoms with Crippen molar-refractivity contribution in [3.63, 3.8) is 0 Å². The number of rotatable bonds is 12. The van der Waals surface area contributed by atoms with Crippen LogP contribution in [-0.4, -0.2) is 243 Å². The monoisotopic (exact) mass is 1130 g/mol. The van der Waals surface area contributed by atoms with Gasteiger partial charge >= 0.3 is 11.9 Å². The summed E-state index contributed by atoms with van der Waals surface area (Å²) in [6.45, 7) is 11.2. The van der Waals surface area contributed by atoms with Crippen LogP contribution in [0.1, 0.15) is 106 Å². The third kappa shape index (κ3) is 9.85. The summed E-state index contributed by atoms with van der Waals surface area (Å²) >= 11 is 0. The highest BCUT2D eigenvalue weighted by molar-refractivity contribution is 5.79. The summed E-state index contributed by atoms with van der Waals surface area (Å²) in [4.78, 5) is 28.6. The van der Waals surface area contributed by atoms with Gasteiger partial charge in [-0.15, -0.1) is 0 Å². The first-order chi connectivity index (χ1) is 36.9. The summed E-state index contributed by atoms with van der Waals surface area (Å²) < 4.78 is 47.1. The lowest BCUT2D eigenvalue weighted by molar-refractivity contribution is -0.373. The SMILES string of the molecule is C[C@@H]1O[C@@H](O[C@H]2[C@H](O)[C@@H](O)[C@H](OC[C@H]3O[C@@H](OC(=O)[C@]45CCC(C)(C)C[C@H]4C4=CC[C@@H]6[C@@]7(C)C[C@H](O)[C@H](O)[C@@](C)(C(=O)O)[C@@H]7CC[C@@]6(C)[C@]4(C)CC5)[C@H](O[C@@H]4O[C@H](CO)[C@@H](O)[C@H](O)[C@H]4O)[C@@H](O)[C@@H]3O)O[C@@H]2CO)[C@H](O)[C@H](O)[C@H]1O. The number of carbonyl (C=O) groups excluding carboxylic acids is 1. The maximum absolute atomic E-state index is 15.6. The lowest BCUT2D eigenvalue weighted by Gasteiger charge is -2.71. The molecule has 9 rings (SSSR count). The lowest BCUT2D eigenvalue weighted by Crippen LogP contribution is -2.69. The van der Waals surface area contributed by atoms with Crippen LogP contribution in [0.3, 0.4) is 0 Å². The molecule has 15 N–H and O–H groups in total. The zero-order valence-corrected chi connectivity index (χ0v) is 45.8. The van der Waals surface area contributed by atoms with Crippen LogP contribution < -0.4 is 0 Å². The number of esters is 1. The molecule has 452 valence electrons. The number of carboxylic acid groups (broad SMARTS) is 1. The summed E-state index contributed by atoms with van der Waals surface area (Å²) in [6, 6.07) is 0. The van der Waals surface area contributed by atoms with Crippen LogP contribution in [0.15, 0.2) is 11.6 Å². The van der Waals surface area contributed by atoms with E-state index in [0.717, 1.165) is 5.57 Å². The molecule has 0 bridgehead atoms.